The monoisotopic (exact) mass is 904 g/mol. The van der Waals surface area contributed by atoms with Crippen molar-refractivity contribution in [1.82, 2.24) is 20.2 Å². The van der Waals surface area contributed by atoms with Crippen molar-refractivity contribution in [2.75, 3.05) is 33.0 Å². The van der Waals surface area contributed by atoms with Crippen LogP contribution in [-0.4, -0.2) is 135 Å². The first kappa shape index (κ1) is 50.1. The number of fused-ring (bicyclic) bond motifs is 4. The van der Waals surface area contributed by atoms with Gasteiger partial charge in [-0.25, -0.2) is 14.2 Å². The minimum absolute atomic E-state index is 0.0100. The van der Waals surface area contributed by atoms with Crippen LogP contribution >= 0.6 is 11.3 Å². The summed E-state index contributed by atoms with van der Waals surface area (Å²) in [6.07, 6.45) is -4.81. The summed E-state index contributed by atoms with van der Waals surface area (Å²) in [6, 6.07) is 3.19. The third-order valence-electron chi connectivity index (χ3n) is 12.3. The number of esters is 1. The lowest BCUT2D eigenvalue weighted by atomic mass is 9.76. The number of allylic oxidation sites excluding steroid dienone is 1. The van der Waals surface area contributed by atoms with Gasteiger partial charge in [-0.3, -0.25) is 14.6 Å². The number of likely N-dealkylation sites (N-methyl/N-ethyl adjacent to an activating group) is 1. The van der Waals surface area contributed by atoms with E-state index in [2.05, 4.69) is 20.4 Å². The Hall–Kier alpha value is -3.95. The van der Waals surface area contributed by atoms with Gasteiger partial charge in [0.25, 0.3) is 5.67 Å². The number of carbonyl (C=O) groups excluding carboxylic acids is 3. The number of alkyl halides is 1. The second kappa shape index (κ2) is 20.5. The first-order valence-corrected chi connectivity index (χ1v) is 22.3. The molecule has 1 amide bonds. The third-order valence-corrected chi connectivity index (χ3v) is 13.2. The number of halogens is 1. The maximum atomic E-state index is 17.0. The SMILES string of the molecule is CCC(=O)NC1=C(C)[C@H]2OCC(=NOCc3ccc(-c4nc(N)cs4)cn3)CO[C@](C)(C[C@H]1C)[C@H](O[C@@H]1O[C@H](C)C[C@H](N(C)C)[C@H]1O)[C@@H](C)C(=O)[C@](C)(F)C(=O)O[C@H](CC)[C@@]2(C)O. The molecule has 3 aliphatic rings. The van der Waals surface area contributed by atoms with Gasteiger partial charge in [0.2, 0.25) is 5.91 Å². The van der Waals surface area contributed by atoms with Crippen LogP contribution < -0.4 is 11.1 Å². The van der Waals surface area contributed by atoms with Crippen LogP contribution in [0.15, 0.2) is 40.1 Å². The predicted octanol–water partition coefficient (Wildman–Crippen LogP) is 4.49. The second-order valence-electron chi connectivity index (χ2n) is 17.8. The molecule has 5 N–H and O–H groups in total. The molecule has 2 aromatic rings. The van der Waals surface area contributed by atoms with Gasteiger partial charge in [-0.1, -0.05) is 32.9 Å². The molecule has 2 aromatic heterocycles. The van der Waals surface area contributed by atoms with E-state index in [1.807, 2.05) is 38.9 Å². The Kier molecular flexibility index (Phi) is 16.3. The summed E-state index contributed by atoms with van der Waals surface area (Å²) >= 11 is 1.39. The minimum Gasteiger partial charge on any atom is -0.457 e. The van der Waals surface area contributed by atoms with Crippen LogP contribution in [0.2, 0.25) is 0 Å². The number of ether oxygens (including phenoxy) is 5. The number of anilines is 1. The Morgan fingerprint density at radius 1 is 1.16 bits per heavy atom. The number of cyclic esters (lactones) is 1. The van der Waals surface area contributed by atoms with Crippen molar-refractivity contribution in [3.63, 3.8) is 0 Å². The largest absolute Gasteiger partial charge is 0.457 e. The lowest BCUT2D eigenvalue weighted by molar-refractivity contribution is -0.296. The number of rotatable bonds is 10. The number of nitrogens with one attached hydrogen (secondary N) is 1. The van der Waals surface area contributed by atoms with Crippen molar-refractivity contribution in [2.45, 2.75) is 154 Å². The van der Waals surface area contributed by atoms with Gasteiger partial charge in [0.05, 0.1) is 36.7 Å². The number of nitrogen functional groups attached to an aromatic ring is 1. The zero-order chi connectivity index (χ0) is 46.6. The fourth-order valence-electron chi connectivity index (χ4n) is 8.74. The van der Waals surface area contributed by atoms with Crippen LogP contribution in [0, 0.1) is 11.8 Å². The molecule has 5 rings (SSSR count). The van der Waals surface area contributed by atoms with Gasteiger partial charge < -0.3 is 54.7 Å². The van der Waals surface area contributed by atoms with Crippen LogP contribution in [-0.2, 0) is 49.5 Å². The molecular formula is C44H65FN6O11S. The summed E-state index contributed by atoms with van der Waals surface area (Å²) in [4.78, 5) is 58.1. The molecule has 0 saturated carbocycles. The smallest absolute Gasteiger partial charge is 0.351 e. The number of hydrogen-bond acceptors (Lipinski definition) is 17. The molecule has 350 valence electrons. The topological polar surface area (TPSA) is 226 Å². The Balaban J connectivity index is 1.67. The average Bonchev–Trinajstić information content (AvgIpc) is 3.67. The number of nitrogens with zero attached hydrogens (tertiary/aromatic N) is 4. The van der Waals surface area contributed by atoms with E-state index in [9.17, 15) is 24.6 Å². The average molecular weight is 905 g/mol. The number of thiazole rings is 1. The highest BCUT2D eigenvalue weighted by atomic mass is 32.1. The summed E-state index contributed by atoms with van der Waals surface area (Å²) in [5.74, 6) is -4.67. The number of nitrogens with two attached hydrogens (primary N) is 1. The van der Waals surface area contributed by atoms with E-state index in [0.717, 1.165) is 12.5 Å². The molecule has 0 spiro atoms. The summed E-state index contributed by atoms with van der Waals surface area (Å²) < 4.78 is 48.9. The van der Waals surface area contributed by atoms with E-state index in [-0.39, 0.29) is 56.8 Å². The molecule has 3 aliphatic heterocycles. The number of aromatic nitrogens is 2. The van der Waals surface area contributed by atoms with E-state index in [0.29, 0.717) is 34.2 Å². The number of hydrogen-bond donors (Lipinski definition) is 4. The second-order valence-corrected chi connectivity index (χ2v) is 18.6. The van der Waals surface area contributed by atoms with Gasteiger partial charge in [0.1, 0.15) is 40.5 Å². The Labute approximate surface area is 372 Å². The van der Waals surface area contributed by atoms with Crippen LogP contribution in [0.4, 0.5) is 10.2 Å². The lowest BCUT2D eigenvalue weighted by Gasteiger charge is -2.47. The van der Waals surface area contributed by atoms with Gasteiger partial charge in [0.15, 0.2) is 18.7 Å². The summed E-state index contributed by atoms with van der Waals surface area (Å²) in [5.41, 5.74) is 1.19. The highest BCUT2D eigenvalue weighted by Gasteiger charge is 2.56. The van der Waals surface area contributed by atoms with E-state index < -0.39 is 77.2 Å². The van der Waals surface area contributed by atoms with Crippen LogP contribution in [0.25, 0.3) is 10.6 Å². The lowest BCUT2D eigenvalue weighted by Crippen LogP contribution is -2.61. The van der Waals surface area contributed by atoms with Crippen LogP contribution in [0.3, 0.4) is 0 Å². The van der Waals surface area contributed by atoms with Gasteiger partial charge in [-0.15, -0.1) is 11.3 Å². The molecule has 17 nitrogen and oxygen atoms in total. The zero-order valence-corrected chi connectivity index (χ0v) is 39.0. The molecular weight excluding hydrogens is 840 g/mol. The number of aliphatic hydroxyl groups is 2. The molecule has 63 heavy (non-hydrogen) atoms. The van der Waals surface area contributed by atoms with E-state index in [4.69, 9.17) is 34.3 Å². The zero-order valence-electron chi connectivity index (χ0n) is 38.2. The summed E-state index contributed by atoms with van der Waals surface area (Å²) in [6.45, 7) is 13.3. The number of oxime groups is 1. The molecule has 1 saturated heterocycles. The maximum Gasteiger partial charge on any atom is 0.351 e. The van der Waals surface area contributed by atoms with Crippen molar-refractivity contribution in [3.8, 4) is 10.6 Å². The molecule has 19 heteroatoms. The van der Waals surface area contributed by atoms with E-state index in [1.165, 1.54) is 25.2 Å². The van der Waals surface area contributed by atoms with E-state index >= 15 is 4.39 Å². The first-order valence-electron chi connectivity index (χ1n) is 21.5. The predicted molar refractivity (Wildman–Crippen MR) is 233 cm³/mol. The van der Waals surface area contributed by atoms with E-state index in [1.54, 1.807) is 45.3 Å². The molecule has 0 radical (unpaired) electrons. The Morgan fingerprint density at radius 3 is 2.48 bits per heavy atom. The van der Waals surface area contributed by atoms with Crippen molar-refractivity contribution in [2.24, 2.45) is 17.0 Å². The number of pyridine rings is 1. The number of ketones is 1. The van der Waals surface area contributed by atoms with Gasteiger partial charge in [-0.2, -0.15) is 0 Å². The van der Waals surface area contributed by atoms with Gasteiger partial charge in [-0.05, 0) is 91.6 Å². The highest BCUT2D eigenvalue weighted by Crippen LogP contribution is 2.41. The molecule has 0 aromatic carbocycles. The van der Waals surface area contributed by atoms with Crippen molar-refractivity contribution in [3.05, 3.63) is 40.7 Å². The summed E-state index contributed by atoms with van der Waals surface area (Å²) in [7, 11) is 3.63. The molecule has 5 heterocycles. The van der Waals surface area contributed by atoms with Crippen molar-refractivity contribution >= 4 is 40.5 Å². The highest BCUT2D eigenvalue weighted by molar-refractivity contribution is 7.13. The fourth-order valence-corrected chi connectivity index (χ4v) is 9.44. The summed E-state index contributed by atoms with van der Waals surface area (Å²) in [5, 5.41) is 34.0. The normalized spacial score (nSPS) is 35.7. The first-order chi connectivity index (χ1) is 29.5. The Bertz CT molecular complexity index is 1990. The molecule has 2 bridgehead atoms. The number of amides is 1. The molecule has 1 fully saturated rings. The number of carbonyl (C=O) groups is 3. The number of Topliss-reactive ketones (excluding diaryl/α,β-unsaturated/α-hetero) is 1. The molecule has 12 atom stereocenters. The van der Waals surface area contributed by atoms with Crippen molar-refractivity contribution < 1.29 is 57.5 Å². The third kappa shape index (κ3) is 11.3. The van der Waals surface area contributed by atoms with Crippen LogP contribution in [0.1, 0.15) is 93.7 Å². The number of aliphatic hydroxyl groups excluding tert-OH is 1. The quantitative estimate of drug-likeness (QED) is 0.146. The van der Waals surface area contributed by atoms with Crippen LogP contribution in [0.5, 0.6) is 0 Å². The van der Waals surface area contributed by atoms with Gasteiger partial charge in [0, 0.05) is 41.2 Å². The minimum atomic E-state index is -3.23. The fraction of sp³-hybridized carbons (Fsp3) is 0.682. The molecule has 0 unspecified atom stereocenters. The standard InChI is InChI=1S/C44H65FN6O11S/c1-12-31-44(9,56)38-25(5)34(49-33(52)13-2)23(3)17-42(7,58-20-29(19-57-38)50-59-21-28-15-14-27(18-47-28)39-48-32(46)22-63-39)37(26(6)36(54)43(8,45)41(55)61-31)62-40-35(53)30(51(10)11)16-24(4)60-40/h14-15,18,22-24,26,30-31,35,37-38,40,53,56H,12-13,16-17,19-21,46H2,1-11H3,(H,49,52)/t23-,24-,26+,30+,31-,35-,37-,38-,40+,42-,43+,44-/m1/s1. The van der Waals surface area contributed by atoms with Crippen molar-refractivity contribution in [1.29, 1.82) is 0 Å². The maximum absolute atomic E-state index is 17.0. The Morgan fingerprint density at radius 2 is 1.87 bits per heavy atom. The van der Waals surface area contributed by atoms with Gasteiger partial charge >= 0.3 is 5.97 Å². The molecule has 0 aliphatic carbocycles.